The molecule has 2 rings (SSSR count). The molecule has 2 aromatic rings. The molecular formula is C19H24N4O5. The molecule has 0 fully saturated rings. The van der Waals surface area contributed by atoms with E-state index in [4.69, 9.17) is 4.74 Å². The summed E-state index contributed by atoms with van der Waals surface area (Å²) in [4.78, 5) is 43.5. The minimum absolute atomic E-state index is 0.121. The fourth-order valence-corrected chi connectivity index (χ4v) is 2.74. The van der Waals surface area contributed by atoms with Crippen molar-refractivity contribution >= 4 is 17.8 Å². The number of nitrogens with zero attached hydrogens (tertiary/aromatic N) is 4. The van der Waals surface area contributed by atoms with Crippen molar-refractivity contribution in [3.05, 3.63) is 51.4 Å². The van der Waals surface area contributed by atoms with E-state index < -0.39 is 17.2 Å². The second-order valence-corrected chi connectivity index (χ2v) is 6.45. The Morgan fingerprint density at radius 1 is 1.25 bits per heavy atom. The van der Waals surface area contributed by atoms with E-state index in [-0.39, 0.29) is 24.2 Å². The lowest BCUT2D eigenvalue weighted by atomic mass is 10.1. The van der Waals surface area contributed by atoms with Crippen LogP contribution in [0.3, 0.4) is 0 Å². The highest BCUT2D eigenvalue weighted by Crippen LogP contribution is 2.18. The van der Waals surface area contributed by atoms with Crippen LogP contribution in [0.5, 0.6) is 5.75 Å². The Kier molecular flexibility index (Phi) is 6.40. The van der Waals surface area contributed by atoms with Crippen LogP contribution in [0.25, 0.3) is 0 Å². The molecule has 0 spiro atoms. The molecule has 0 unspecified atom stereocenters. The summed E-state index contributed by atoms with van der Waals surface area (Å²) in [6.07, 6.45) is 0. The number of carbonyl (C=O) groups excluding carboxylic acids is 1. The van der Waals surface area contributed by atoms with E-state index in [0.717, 1.165) is 5.56 Å². The molecule has 0 radical (unpaired) electrons. The Bertz CT molecular complexity index is 952. The first-order valence-corrected chi connectivity index (χ1v) is 8.66. The smallest absolute Gasteiger partial charge is 0.358 e. The van der Waals surface area contributed by atoms with Gasteiger partial charge in [0.25, 0.3) is 11.5 Å². The molecule has 0 aliphatic heterocycles. The van der Waals surface area contributed by atoms with Crippen molar-refractivity contribution in [1.82, 2.24) is 14.5 Å². The Morgan fingerprint density at radius 2 is 1.93 bits per heavy atom. The zero-order valence-corrected chi connectivity index (χ0v) is 16.6. The zero-order chi connectivity index (χ0) is 21.0. The summed E-state index contributed by atoms with van der Waals surface area (Å²) in [6, 6.07) is 7.09. The van der Waals surface area contributed by atoms with Crippen LogP contribution in [0, 0.1) is 0 Å². The molecule has 0 bridgehead atoms. The first-order chi connectivity index (χ1) is 13.2. The van der Waals surface area contributed by atoms with Crippen molar-refractivity contribution in [2.75, 3.05) is 32.6 Å². The van der Waals surface area contributed by atoms with Gasteiger partial charge >= 0.3 is 5.97 Å². The third-order valence-corrected chi connectivity index (χ3v) is 4.06. The van der Waals surface area contributed by atoms with Crippen LogP contribution in [-0.4, -0.2) is 59.2 Å². The average molecular weight is 388 g/mol. The van der Waals surface area contributed by atoms with Gasteiger partial charge in [-0.25, -0.2) is 9.78 Å². The average Bonchev–Trinajstić information content (AvgIpc) is 2.64. The largest absolute Gasteiger partial charge is 0.486 e. The number of carbonyl (C=O) groups is 2. The van der Waals surface area contributed by atoms with Gasteiger partial charge in [-0.15, -0.1) is 0 Å². The fourth-order valence-electron chi connectivity index (χ4n) is 2.74. The number of aromatic nitrogens is 2. The van der Waals surface area contributed by atoms with Gasteiger partial charge in [0.2, 0.25) is 11.7 Å². The molecule has 0 aliphatic carbocycles. The highest BCUT2D eigenvalue weighted by Gasteiger charge is 2.23. The number of aromatic carboxylic acids is 1. The maximum Gasteiger partial charge on any atom is 0.358 e. The molecule has 150 valence electrons. The summed E-state index contributed by atoms with van der Waals surface area (Å²) in [5.74, 6) is -1.57. The zero-order valence-electron chi connectivity index (χ0n) is 16.6. The maximum atomic E-state index is 12.5. The molecule has 0 saturated carbocycles. The minimum atomic E-state index is -1.34. The van der Waals surface area contributed by atoms with E-state index >= 15 is 0 Å². The normalized spacial score (nSPS) is 10.5. The first-order valence-electron chi connectivity index (χ1n) is 8.66. The molecule has 0 aliphatic rings. The van der Waals surface area contributed by atoms with Crippen molar-refractivity contribution in [1.29, 1.82) is 0 Å². The van der Waals surface area contributed by atoms with Gasteiger partial charge in [0.15, 0.2) is 5.69 Å². The summed E-state index contributed by atoms with van der Waals surface area (Å²) >= 11 is 0. The van der Waals surface area contributed by atoms with E-state index in [0.29, 0.717) is 12.1 Å². The number of carboxylic acids is 1. The number of benzene rings is 1. The Morgan fingerprint density at radius 3 is 2.50 bits per heavy atom. The van der Waals surface area contributed by atoms with E-state index in [9.17, 15) is 19.5 Å². The minimum Gasteiger partial charge on any atom is -0.486 e. The van der Waals surface area contributed by atoms with E-state index in [1.807, 2.05) is 6.07 Å². The second kappa shape index (κ2) is 8.55. The van der Waals surface area contributed by atoms with Gasteiger partial charge < -0.3 is 19.6 Å². The van der Waals surface area contributed by atoms with E-state index in [1.165, 1.54) is 16.5 Å². The standard InChI is InChI=1S/C19H24N4O5/c1-6-28-15-14(18(26)27)20-19(23(5)17(15)25)22(4)11-12-8-7-9-13(10-12)16(24)21(2)3/h7-10H,6,11H2,1-5H3,(H,26,27). The molecule has 1 amide bonds. The number of anilines is 1. The predicted octanol–water partition coefficient (Wildman–Crippen LogP) is 1.22. The number of amides is 1. The molecule has 1 N–H and O–H groups in total. The van der Waals surface area contributed by atoms with Gasteiger partial charge in [-0.1, -0.05) is 12.1 Å². The number of hydrogen-bond donors (Lipinski definition) is 1. The number of rotatable bonds is 7. The Hall–Kier alpha value is -3.36. The van der Waals surface area contributed by atoms with Gasteiger partial charge in [0, 0.05) is 40.3 Å². The van der Waals surface area contributed by atoms with Gasteiger partial charge in [-0.05, 0) is 24.6 Å². The van der Waals surface area contributed by atoms with Gasteiger partial charge in [-0.2, -0.15) is 0 Å². The fraction of sp³-hybridized carbons (Fsp3) is 0.368. The summed E-state index contributed by atoms with van der Waals surface area (Å²) in [5, 5.41) is 9.40. The summed E-state index contributed by atoms with van der Waals surface area (Å²) < 4.78 is 6.43. The summed E-state index contributed by atoms with van der Waals surface area (Å²) in [6.45, 7) is 2.13. The highest BCUT2D eigenvalue weighted by atomic mass is 16.5. The lowest BCUT2D eigenvalue weighted by molar-refractivity contribution is 0.0684. The van der Waals surface area contributed by atoms with Crippen molar-refractivity contribution in [2.45, 2.75) is 13.5 Å². The maximum absolute atomic E-state index is 12.5. The van der Waals surface area contributed by atoms with Crippen LogP contribution < -0.4 is 15.2 Å². The van der Waals surface area contributed by atoms with E-state index in [1.54, 1.807) is 51.2 Å². The first kappa shape index (κ1) is 20.9. The molecule has 9 heteroatoms. The predicted molar refractivity (Wildman–Crippen MR) is 104 cm³/mol. The number of hydrogen-bond acceptors (Lipinski definition) is 6. The van der Waals surface area contributed by atoms with E-state index in [2.05, 4.69) is 4.98 Å². The monoisotopic (exact) mass is 388 g/mol. The second-order valence-electron chi connectivity index (χ2n) is 6.45. The third-order valence-electron chi connectivity index (χ3n) is 4.06. The Balaban J connectivity index is 2.41. The van der Waals surface area contributed by atoms with Gasteiger partial charge in [-0.3, -0.25) is 14.2 Å². The SMILES string of the molecule is CCOc1c(C(=O)O)nc(N(C)Cc2cccc(C(=O)N(C)C)c2)n(C)c1=O. The molecular weight excluding hydrogens is 364 g/mol. The van der Waals surface area contributed by atoms with Crippen molar-refractivity contribution < 1.29 is 19.4 Å². The lowest BCUT2D eigenvalue weighted by Crippen LogP contribution is -2.31. The summed E-state index contributed by atoms with van der Waals surface area (Å²) in [7, 11) is 6.54. The highest BCUT2D eigenvalue weighted by molar-refractivity contribution is 5.94. The topological polar surface area (TPSA) is 105 Å². The molecule has 0 saturated heterocycles. The molecule has 9 nitrogen and oxygen atoms in total. The number of ether oxygens (including phenoxy) is 1. The third kappa shape index (κ3) is 4.30. The number of carboxylic acid groups (broad SMARTS) is 1. The van der Waals surface area contributed by atoms with Crippen LogP contribution in [0.15, 0.2) is 29.1 Å². The van der Waals surface area contributed by atoms with Crippen LogP contribution in [-0.2, 0) is 13.6 Å². The van der Waals surface area contributed by atoms with Crippen LogP contribution in [0.2, 0.25) is 0 Å². The van der Waals surface area contributed by atoms with Crippen LogP contribution >= 0.6 is 0 Å². The van der Waals surface area contributed by atoms with Crippen LogP contribution in [0.1, 0.15) is 33.3 Å². The molecule has 1 heterocycles. The quantitative estimate of drug-likeness (QED) is 0.760. The molecule has 0 atom stereocenters. The molecule has 1 aromatic carbocycles. The van der Waals surface area contributed by atoms with Crippen molar-refractivity contribution in [2.24, 2.45) is 7.05 Å². The molecule has 28 heavy (non-hydrogen) atoms. The molecule has 1 aromatic heterocycles. The lowest BCUT2D eigenvalue weighted by Gasteiger charge is -2.22. The van der Waals surface area contributed by atoms with Crippen molar-refractivity contribution in [3.8, 4) is 5.75 Å². The van der Waals surface area contributed by atoms with Gasteiger partial charge in [0.05, 0.1) is 6.61 Å². The van der Waals surface area contributed by atoms with Crippen molar-refractivity contribution in [3.63, 3.8) is 0 Å². The van der Waals surface area contributed by atoms with Gasteiger partial charge in [0.1, 0.15) is 0 Å². The Labute approximate surface area is 162 Å². The van der Waals surface area contributed by atoms with Crippen LogP contribution in [0.4, 0.5) is 5.95 Å². The summed E-state index contributed by atoms with van der Waals surface area (Å²) in [5.41, 5.74) is 0.349.